The molecule has 26 heavy (non-hydrogen) atoms. The van der Waals surface area contributed by atoms with E-state index in [-0.39, 0.29) is 11.8 Å². The number of hydrogen-bond donors (Lipinski definition) is 1. The first-order valence-electron chi connectivity index (χ1n) is 8.04. The summed E-state index contributed by atoms with van der Waals surface area (Å²) in [6.45, 7) is 3.77. The van der Waals surface area contributed by atoms with Crippen LogP contribution in [0.25, 0.3) is 11.5 Å². The Balaban J connectivity index is 1.74. The number of carbonyl (C=O) groups is 1. The van der Waals surface area contributed by atoms with Crippen LogP contribution < -0.4 is 10.1 Å². The molecule has 1 unspecified atom stereocenters. The third kappa shape index (κ3) is 3.92. The van der Waals surface area contributed by atoms with E-state index in [0.29, 0.717) is 27.9 Å². The molecule has 0 radical (unpaired) electrons. The van der Waals surface area contributed by atoms with Crippen molar-refractivity contribution in [3.63, 3.8) is 0 Å². The van der Waals surface area contributed by atoms with Crippen LogP contribution in [0.3, 0.4) is 0 Å². The molecule has 3 aromatic rings. The topological polar surface area (TPSA) is 88.1 Å². The molecule has 0 aliphatic carbocycles. The molecule has 0 aliphatic rings. The van der Waals surface area contributed by atoms with E-state index in [0.717, 1.165) is 0 Å². The molecule has 0 spiro atoms. The van der Waals surface area contributed by atoms with Crippen molar-refractivity contribution < 1.29 is 13.9 Å². The molecule has 0 fully saturated rings. The fourth-order valence-electron chi connectivity index (χ4n) is 2.34. The van der Waals surface area contributed by atoms with Gasteiger partial charge in [0.25, 0.3) is 5.91 Å². The highest BCUT2D eigenvalue weighted by Gasteiger charge is 2.26. The van der Waals surface area contributed by atoms with Crippen molar-refractivity contribution in [1.82, 2.24) is 4.98 Å². The highest BCUT2D eigenvalue weighted by molar-refractivity contribution is 7.14. The van der Waals surface area contributed by atoms with E-state index < -0.39 is 6.10 Å². The van der Waals surface area contributed by atoms with Crippen molar-refractivity contribution in [1.29, 1.82) is 5.26 Å². The van der Waals surface area contributed by atoms with Crippen LogP contribution in [0.1, 0.15) is 19.4 Å². The van der Waals surface area contributed by atoms with Crippen molar-refractivity contribution in [3.05, 3.63) is 53.6 Å². The number of nitrogens with one attached hydrogen (secondary N) is 1. The summed E-state index contributed by atoms with van der Waals surface area (Å²) in [5.41, 5.74) is 1.05. The second-order valence-electron chi connectivity index (χ2n) is 5.89. The average Bonchev–Trinajstić information content (AvgIpc) is 3.31. The normalized spacial score (nSPS) is 11.8. The monoisotopic (exact) mass is 367 g/mol. The smallest absolute Gasteiger partial charge is 0.267 e. The van der Waals surface area contributed by atoms with Crippen LogP contribution in [-0.4, -0.2) is 17.0 Å². The number of ether oxygens (including phenoxy) is 1. The second-order valence-corrected chi connectivity index (χ2v) is 6.75. The fourth-order valence-corrected chi connectivity index (χ4v) is 3.04. The van der Waals surface area contributed by atoms with Gasteiger partial charge in [0, 0.05) is 5.38 Å². The van der Waals surface area contributed by atoms with Gasteiger partial charge in [-0.15, -0.1) is 11.3 Å². The third-order valence-electron chi connectivity index (χ3n) is 3.63. The van der Waals surface area contributed by atoms with E-state index in [4.69, 9.17) is 9.15 Å². The number of para-hydroxylation sites is 1. The zero-order valence-electron chi connectivity index (χ0n) is 14.3. The van der Waals surface area contributed by atoms with Gasteiger partial charge in [0.05, 0.1) is 11.8 Å². The molecule has 1 amide bonds. The van der Waals surface area contributed by atoms with Gasteiger partial charge in [-0.25, -0.2) is 4.98 Å². The first kappa shape index (κ1) is 17.7. The van der Waals surface area contributed by atoms with Crippen LogP contribution in [0.4, 0.5) is 5.13 Å². The average molecular weight is 367 g/mol. The van der Waals surface area contributed by atoms with Gasteiger partial charge in [0.15, 0.2) is 17.0 Å². The van der Waals surface area contributed by atoms with E-state index in [2.05, 4.69) is 16.4 Å². The third-order valence-corrected chi connectivity index (χ3v) is 4.39. The first-order chi connectivity index (χ1) is 12.6. The summed E-state index contributed by atoms with van der Waals surface area (Å²) in [6.07, 6.45) is 0.822. The Morgan fingerprint density at radius 2 is 2.12 bits per heavy atom. The molecule has 0 saturated carbocycles. The molecule has 3 rings (SSSR count). The molecule has 1 atom stereocenters. The van der Waals surface area contributed by atoms with Gasteiger partial charge in [-0.3, -0.25) is 10.1 Å². The Morgan fingerprint density at radius 3 is 2.81 bits per heavy atom. The standard InChI is InChI=1S/C19H17N3O3S/c1-12(2)17(25-15-7-4-3-6-13(15)10-20)18(23)22-19-21-14(11-26-19)16-8-5-9-24-16/h3-9,11-12,17H,1-2H3,(H,21,22,23). The van der Waals surface area contributed by atoms with E-state index in [1.807, 2.05) is 19.2 Å². The lowest BCUT2D eigenvalue weighted by Gasteiger charge is -2.21. The van der Waals surface area contributed by atoms with Crippen LogP contribution in [0, 0.1) is 17.2 Å². The van der Waals surface area contributed by atoms with Gasteiger partial charge in [-0.1, -0.05) is 26.0 Å². The predicted octanol–water partition coefficient (Wildman–Crippen LogP) is 4.32. The lowest BCUT2D eigenvalue weighted by molar-refractivity contribution is -0.124. The number of benzene rings is 1. The minimum atomic E-state index is -0.750. The zero-order valence-corrected chi connectivity index (χ0v) is 15.1. The highest BCUT2D eigenvalue weighted by Crippen LogP contribution is 2.26. The zero-order chi connectivity index (χ0) is 18.5. The van der Waals surface area contributed by atoms with Crippen molar-refractivity contribution in [3.8, 4) is 23.3 Å². The number of rotatable bonds is 6. The molecular formula is C19H17N3O3S. The summed E-state index contributed by atoms with van der Waals surface area (Å²) in [4.78, 5) is 17.0. The Bertz CT molecular complexity index is 926. The highest BCUT2D eigenvalue weighted by atomic mass is 32.1. The van der Waals surface area contributed by atoms with Gasteiger partial charge in [0.1, 0.15) is 17.5 Å². The molecule has 0 saturated heterocycles. The SMILES string of the molecule is CC(C)C(Oc1ccccc1C#N)C(=O)Nc1nc(-c2ccco2)cs1. The van der Waals surface area contributed by atoms with Crippen molar-refractivity contribution in [2.45, 2.75) is 20.0 Å². The second kappa shape index (κ2) is 7.85. The molecule has 1 aromatic carbocycles. The summed E-state index contributed by atoms with van der Waals surface area (Å²) in [5, 5.41) is 14.2. The van der Waals surface area contributed by atoms with E-state index in [1.54, 1.807) is 42.7 Å². The van der Waals surface area contributed by atoms with E-state index in [9.17, 15) is 10.1 Å². The molecule has 0 aliphatic heterocycles. The molecule has 1 N–H and O–H groups in total. The summed E-state index contributed by atoms with van der Waals surface area (Å²) in [7, 11) is 0. The first-order valence-corrected chi connectivity index (χ1v) is 8.92. The molecule has 6 nitrogen and oxygen atoms in total. The lowest BCUT2D eigenvalue weighted by Crippen LogP contribution is -2.37. The minimum Gasteiger partial charge on any atom is -0.479 e. The molecule has 2 aromatic heterocycles. The Kier molecular flexibility index (Phi) is 5.34. The molecule has 7 heteroatoms. The molecule has 0 bridgehead atoms. The Morgan fingerprint density at radius 1 is 1.31 bits per heavy atom. The number of hydrogen-bond acceptors (Lipinski definition) is 6. The lowest BCUT2D eigenvalue weighted by atomic mass is 10.1. The largest absolute Gasteiger partial charge is 0.479 e. The van der Waals surface area contributed by atoms with E-state index >= 15 is 0 Å². The number of anilines is 1. The van der Waals surface area contributed by atoms with Crippen molar-refractivity contribution in [2.24, 2.45) is 5.92 Å². The Hall–Kier alpha value is -3.11. The number of aromatic nitrogens is 1. The van der Waals surface area contributed by atoms with Crippen molar-refractivity contribution >= 4 is 22.4 Å². The minimum absolute atomic E-state index is 0.0914. The van der Waals surface area contributed by atoms with Gasteiger partial charge in [-0.2, -0.15) is 5.26 Å². The number of nitriles is 1. The van der Waals surface area contributed by atoms with Crippen LogP contribution in [-0.2, 0) is 4.79 Å². The van der Waals surface area contributed by atoms with Crippen LogP contribution in [0.5, 0.6) is 5.75 Å². The van der Waals surface area contributed by atoms with Gasteiger partial charge >= 0.3 is 0 Å². The number of amides is 1. The fraction of sp³-hybridized carbons (Fsp3) is 0.211. The summed E-state index contributed by atoms with van der Waals surface area (Å²) in [5.74, 6) is 0.625. The summed E-state index contributed by atoms with van der Waals surface area (Å²) >= 11 is 1.31. The summed E-state index contributed by atoms with van der Waals surface area (Å²) < 4.78 is 11.1. The van der Waals surface area contributed by atoms with Crippen LogP contribution in [0.15, 0.2) is 52.5 Å². The molecular weight excluding hydrogens is 350 g/mol. The van der Waals surface area contributed by atoms with Gasteiger partial charge in [0.2, 0.25) is 0 Å². The summed E-state index contributed by atoms with van der Waals surface area (Å²) in [6, 6.07) is 12.5. The van der Waals surface area contributed by atoms with Gasteiger partial charge < -0.3 is 9.15 Å². The quantitative estimate of drug-likeness (QED) is 0.701. The number of thiazole rings is 1. The number of furan rings is 1. The number of carbonyl (C=O) groups excluding carboxylic acids is 1. The molecule has 132 valence electrons. The Labute approximate surface area is 155 Å². The van der Waals surface area contributed by atoms with Gasteiger partial charge in [-0.05, 0) is 30.2 Å². The number of nitrogens with zero attached hydrogens (tertiary/aromatic N) is 2. The maximum Gasteiger partial charge on any atom is 0.267 e. The maximum absolute atomic E-state index is 12.7. The van der Waals surface area contributed by atoms with E-state index in [1.165, 1.54) is 11.3 Å². The van der Waals surface area contributed by atoms with Crippen LogP contribution >= 0.6 is 11.3 Å². The maximum atomic E-state index is 12.7. The van der Waals surface area contributed by atoms with Crippen LogP contribution in [0.2, 0.25) is 0 Å². The van der Waals surface area contributed by atoms with Crippen molar-refractivity contribution in [2.75, 3.05) is 5.32 Å². The molecule has 2 heterocycles. The predicted molar refractivity (Wildman–Crippen MR) is 98.9 cm³/mol.